The molecule has 0 fully saturated rings. The molecule has 0 aliphatic carbocycles. The van der Waals surface area contributed by atoms with Crippen LogP contribution in [0.15, 0.2) is 23.4 Å². The first kappa shape index (κ1) is 19.9. The molecule has 7 nitrogen and oxygen atoms in total. The smallest absolute Gasteiger partial charge is 0.338 e. The number of halogens is 1. The number of hydrogen-bond donors (Lipinski definition) is 2. The third-order valence-corrected chi connectivity index (χ3v) is 3.96. The number of allylic oxidation sites excluding steroid dienone is 1. The van der Waals surface area contributed by atoms with Gasteiger partial charge in [-0.05, 0) is 45.4 Å². The number of ether oxygens (including phenoxy) is 3. The van der Waals surface area contributed by atoms with Crippen LogP contribution in [-0.4, -0.2) is 31.8 Å². The Balaban J connectivity index is 2.54. The Morgan fingerprint density at radius 1 is 1.19 bits per heavy atom. The van der Waals surface area contributed by atoms with Crippen LogP contribution in [0.4, 0.5) is 4.79 Å². The van der Waals surface area contributed by atoms with Gasteiger partial charge in [0.2, 0.25) is 0 Å². The maximum Gasteiger partial charge on any atom is 0.338 e. The molecular weight excluding hydrogens is 360 g/mol. The summed E-state index contributed by atoms with van der Waals surface area (Å²) in [6.45, 7) is 6.97. The molecule has 0 bridgehead atoms. The minimum absolute atomic E-state index is 0.294. The molecule has 2 rings (SSSR count). The van der Waals surface area contributed by atoms with Crippen LogP contribution in [0.5, 0.6) is 11.5 Å². The molecule has 1 aromatic carbocycles. The third-order valence-electron chi connectivity index (χ3n) is 3.68. The SMILES string of the molecule is COc1cc(C2NC(=O)NC(C)=C2C(=O)OC(C)(C)C)cc(Cl)c1OC. The van der Waals surface area contributed by atoms with E-state index < -0.39 is 23.6 Å². The van der Waals surface area contributed by atoms with Crippen molar-refractivity contribution < 1.29 is 23.8 Å². The lowest BCUT2D eigenvalue weighted by Crippen LogP contribution is -2.46. The summed E-state index contributed by atoms with van der Waals surface area (Å²) in [5, 5.41) is 5.64. The summed E-state index contributed by atoms with van der Waals surface area (Å²) in [5.74, 6) is 0.236. The quantitative estimate of drug-likeness (QED) is 0.780. The van der Waals surface area contributed by atoms with Gasteiger partial charge in [-0.15, -0.1) is 0 Å². The van der Waals surface area contributed by atoms with E-state index in [0.717, 1.165) is 0 Å². The van der Waals surface area contributed by atoms with Gasteiger partial charge in [0.25, 0.3) is 0 Å². The van der Waals surface area contributed by atoms with Gasteiger partial charge >= 0.3 is 12.0 Å². The molecular formula is C18H23ClN2O5. The second kappa shape index (κ2) is 7.45. The fourth-order valence-corrected chi connectivity index (χ4v) is 2.95. The molecule has 2 amide bonds. The highest BCUT2D eigenvalue weighted by atomic mass is 35.5. The van der Waals surface area contributed by atoms with E-state index >= 15 is 0 Å². The van der Waals surface area contributed by atoms with Crippen molar-refractivity contribution in [2.24, 2.45) is 0 Å². The molecule has 0 aromatic heterocycles. The largest absolute Gasteiger partial charge is 0.493 e. The summed E-state index contributed by atoms with van der Waals surface area (Å²) in [5.41, 5.74) is 0.607. The Kier molecular flexibility index (Phi) is 5.71. The van der Waals surface area contributed by atoms with E-state index in [1.54, 1.807) is 39.8 Å². The molecule has 0 spiro atoms. The van der Waals surface area contributed by atoms with E-state index in [-0.39, 0.29) is 0 Å². The van der Waals surface area contributed by atoms with E-state index in [1.807, 2.05) is 0 Å². The number of nitrogens with one attached hydrogen (secondary N) is 2. The minimum atomic E-state index is -0.740. The van der Waals surface area contributed by atoms with Crippen LogP contribution in [-0.2, 0) is 9.53 Å². The van der Waals surface area contributed by atoms with E-state index in [1.165, 1.54) is 14.2 Å². The summed E-state index contributed by atoms with van der Waals surface area (Å²) >= 11 is 6.27. The van der Waals surface area contributed by atoms with Gasteiger partial charge in [-0.3, -0.25) is 0 Å². The maximum atomic E-state index is 12.7. The molecule has 1 heterocycles. The predicted molar refractivity (Wildman–Crippen MR) is 97.5 cm³/mol. The Bertz CT molecular complexity index is 768. The molecule has 2 N–H and O–H groups in total. The van der Waals surface area contributed by atoms with Crippen molar-refractivity contribution in [3.05, 3.63) is 34.0 Å². The molecule has 8 heteroatoms. The van der Waals surface area contributed by atoms with Crippen molar-refractivity contribution in [3.8, 4) is 11.5 Å². The summed E-state index contributed by atoms with van der Waals surface area (Å²) < 4.78 is 16.0. The van der Waals surface area contributed by atoms with Gasteiger partial charge < -0.3 is 24.8 Å². The van der Waals surface area contributed by atoms with Crippen molar-refractivity contribution in [2.75, 3.05) is 14.2 Å². The van der Waals surface area contributed by atoms with Crippen molar-refractivity contribution in [3.63, 3.8) is 0 Å². The van der Waals surface area contributed by atoms with Gasteiger partial charge in [0, 0.05) is 5.70 Å². The number of esters is 1. The number of hydrogen-bond acceptors (Lipinski definition) is 5. The number of amides is 2. The fraction of sp³-hybridized carbons (Fsp3) is 0.444. The Labute approximate surface area is 157 Å². The molecule has 1 aliphatic heterocycles. The lowest BCUT2D eigenvalue weighted by atomic mass is 9.95. The van der Waals surface area contributed by atoms with Crippen LogP contribution in [0.25, 0.3) is 0 Å². The van der Waals surface area contributed by atoms with Crippen molar-refractivity contribution in [1.29, 1.82) is 0 Å². The highest BCUT2D eigenvalue weighted by Gasteiger charge is 2.34. The van der Waals surface area contributed by atoms with Crippen LogP contribution in [0, 0.1) is 0 Å². The Hall–Kier alpha value is -2.41. The monoisotopic (exact) mass is 382 g/mol. The predicted octanol–water partition coefficient (Wildman–Crippen LogP) is 3.33. The number of rotatable bonds is 4. The first-order valence-corrected chi connectivity index (χ1v) is 8.38. The van der Waals surface area contributed by atoms with Gasteiger partial charge in [0.05, 0.1) is 30.9 Å². The molecule has 1 aliphatic rings. The van der Waals surface area contributed by atoms with Gasteiger partial charge in [-0.2, -0.15) is 0 Å². The van der Waals surface area contributed by atoms with Gasteiger partial charge in [0.15, 0.2) is 11.5 Å². The zero-order chi connectivity index (χ0) is 19.6. The highest BCUT2D eigenvalue weighted by Crippen LogP contribution is 2.40. The average Bonchev–Trinajstić information content (AvgIpc) is 2.51. The van der Waals surface area contributed by atoms with E-state index in [0.29, 0.717) is 33.4 Å². The van der Waals surface area contributed by atoms with Crippen molar-refractivity contribution >= 4 is 23.6 Å². The second-order valence-electron chi connectivity index (χ2n) is 6.81. The van der Waals surface area contributed by atoms with Crippen molar-refractivity contribution in [2.45, 2.75) is 39.3 Å². The number of carbonyl (C=O) groups is 2. The summed E-state index contributed by atoms with van der Waals surface area (Å²) in [7, 11) is 2.96. The summed E-state index contributed by atoms with van der Waals surface area (Å²) in [4.78, 5) is 24.7. The molecule has 1 atom stereocenters. The summed E-state index contributed by atoms with van der Waals surface area (Å²) in [6.07, 6.45) is 0. The zero-order valence-corrected chi connectivity index (χ0v) is 16.4. The first-order chi connectivity index (χ1) is 12.1. The minimum Gasteiger partial charge on any atom is -0.493 e. The van der Waals surface area contributed by atoms with Crippen molar-refractivity contribution in [1.82, 2.24) is 10.6 Å². The number of benzene rings is 1. The lowest BCUT2D eigenvalue weighted by molar-refractivity contribution is -0.150. The fourth-order valence-electron chi connectivity index (χ4n) is 2.65. The molecule has 0 saturated carbocycles. The van der Waals surface area contributed by atoms with Crippen LogP contribution in [0.3, 0.4) is 0 Å². The molecule has 142 valence electrons. The highest BCUT2D eigenvalue weighted by molar-refractivity contribution is 6.32. The topological polar surface area (TPSA) is 85.9 Å². The van der Waals surface area contributed by atoms with Crippen LogP contribution >= 0.6 is 11.6 Å². The second-order valence-corrected chi connectivity index (χ2v) is 7.22. The molecule has 0 saturated heterocycles. The van der Waals surface area contributed by atoms with Crippen LogP contribution in [0.1, 0.15) is 39.3 Å². The van der Waals surface area contributed by atoms with E-state index in [4.69, 9.17) is 25.8 Å². The number of urea groups is 1. The molecule has 1 aromatic rings. The number of carbonyl (C=O) groups excluding carboxylic acids is 2. The molecule has 26 heavy (non-hydrogen) atoms. The van der Waals surface area contributed by atoms with Gasteiger partial charge in [-0.1, -0.05) is 11.6 Å². The Morgan fingerprint density at radius 3 is 2.38 bits per heavy atom. The molecule has 0 radical (unpaired) electrons. The van der Waals surface area contributed by atoms with Gasteiger partial charge in [0.1, 0.15) is 5.60 Å². The number of methoxy groups -OCH3 is 2. The lowest BCUT2D eigenvalue weighted by Gasteiger charge is -2.30. The normalized spacial score (nSPS) is 17.3. The van der Waals surface area contributed by atoms with E-state index in [2.05, 4.69) is 10.6 Å². The maximum absolute atomic E-state index is 12.7. The standard InChI is InChI=1S/C18H23ClN2O5/c1-9-13(16(22)26-18(2,3)4)14(21-17(23)20-9)10-7-11(19)15(25-6)12(8-10)24-5/h7-8,14H,1-6H3,(H2,20,21,23). The zero-order valence-electron chi connectivity index (χ0n) is 15.7. The van der Waals surface area contributed by atoms with Crippen LogP contribution in [0.2, 0.25) is 5.02 Å². The average molecular weight is 383 g/mol. The third kappa shape index (κ3) is 4.22. The van der Waals surface area contributed by atoms with E-state index in [9.17, 15) is 9.59 Å². The first-order valence-electron chi connectivity index (χ1n) is 8.00. The van der Waals surface area contributed by atoms with Crippen LogP contribution < -0.4 is 20.1 Å². The summed E-state index contributed by atoms with van der Waals surface area (Å²) in [6, 6.07) is 2.12. The Morgan fingerprint density at radius 2 is 1.85 bits per heavy atom. The molecule has 1 unspecified atom stereocenters. The van der Waals surface area contributed by atoms with Gasteiger partial charge in [-0.25, -0.2) is 9.59 Å².